The zero-order valence-electron chi connectivity index (χ0n) is 24.6. The summed E-state index contributed by atoms with van der Waals surface area (Å²) in [4.78, 5) is 39.4. The molecule has 0 bridgehead atoms. The Labute approximate surface area is 262 Å². The Bertz CT molecular complexity index is 1840. The van der Waals surface area contributed by atoms with Gasteiger partial charge in [0.2, 0.25) is 17.8 Å². The number of carbonyl (C=O) groups is 2. The zero-order chi connectivity index (χ0) is 32.5. The van der Waals surface area contributed by atoms with Gasteiger partial charge in [0, 0.05) is 24.3 Å². The molecule has 0 radical (unpaired) electrons. The molecule has 0 saturated carbocycles. The van der Waals surface area contributed by atoms with Gasteiger partial charge in [0.05, 0.1) is 19.2 Å². The molecule has 4 N–H and O–H groups in total. The molecule has 1 heterocycles. The normalized spacial score (nSPS) is 10.6. The van der Waals surface area contributed by atoms with Crippen molar-refractivity contribution < 1.29 is 28.2 Å². The van der Waals surface area contributed by atoms with Gasteiger partial charge < -0.3 is 25.4 Å². The molecule has 0 fully saturated rings. The van der Waals surface area contributed by atoms with Crippen LogP contribution in [-0.2, 0) is 11.3 Å². The van der Waals surface area contributed by atoms with Crippen LogP contribution in [0.25, 0.3) is 11.1 Å². The second kappa shape index (κ2) is 14.6. The molecular formula is C33H29F2N7O4. The van der Waals surface area contributed by atoms with Crippen LogP contribution in [0, 0.1) is 11.6 Å². The molecule has 0 aliphatic heterocycles. The Kier molecular flexibility index (Phi) is 9.92. The molecule has 0 aliphatic rings. The van der Waals surface area contributed by atoms with Crippen molar-refractivity contribution in [2.45, 2.75) is 13.0 Å². The van der Waals surface area contributed by atoms with Crippen molar-refractivity contribution >= 4 is 41.2 Å². The number of hydrogen-bond acceptors (Lipinski definition) is 8. The molecular weight excluding hydrogens is 596 g/mol. The topological polar surface area (TPSA) is 142 Å². The smallest absolute Gasteiger partial charge is 0.326 e. The van der Waals surface area contributed by atoms with Gasteiger partial charge in [0.25, 0.3) is 0 Å². The lowest BCUT2D eigenvalue weighted by Gasteiger charge is -2.23. The first-order valence-corrected chi connectivity index (χ1v) is 14.1. The molecule has 0 saturated heterocycles. The second-order valence-electron chi connectivity index (χ2n) is 9.91. The van der Waals surface area contributed by atoms with Crippen LogP contribution in [0.3, 0.4) is 0 Å². The van der Waals surface area contributed by atoms with Gasteiger partial charge in [-0.05, 0) is 41.5 Å². The fourth-order valence-electron chi connectivity index (χ4n) is 4.54. The first-order valence-electron chi connectivity index (χ1n) is 14.1. The number of amides is 2. The number of benzene rings is 4. The number of carbonyl (C=O) groups excluding carboxylic acids is 1. The van der Waals surface area contributed by atoms with Gasteiger partial charge in [0.1, 0.15) is 5.75 Å². The van der Waals surface area contributed by atoms with Gasteiger partial charge in [-0.3, -0.25) is 10.1 Å². The van der Waals surface area contributed by atoms with E-state index < -0.39 is 23.6 Å². The number of para-hydroxylation sites is 3. The van der Waals surface area contributed by atoms with E-state index in [-0.39, 0.29) is 37.4 Å². The van der Waals surface area contributed by atoms with Gasteiger partial charge in [-0.2, -0.15) is 15.0 Å². The highest BCUT2D eigenvalue weighted by Gasteiger charge is 2.19. The van der Waals surface area contributed by atoms with E-state index in [9.17, 15) is 23.5 Å². The Morgan fingerprint density at radius 1 is 0.804 bits per heavy atom. The minimum absolute atomic E-state index is 0.0201. The van der Waals surface area contributed by atoms with Crippen LogP contribution in [0.5, 0.6) is 5.75 Å². The molecule has 4 aromatic carbocycles. The fraction of sp³-hybridized carbons (Fsp3) is 0.121. The summed E-state index contributed by atoms with van der Waals surface area (Å²) in [5.41, 5.74) is 3.16. The predicted octanol–water partition coefficient (Wildman–Crippen LogP) is 6.69. The van der Waals surface area contributed by atoms with Crippen LogP contribution in [0.2, 0.25) is 0 Å². The molecule has 0 aliphatic carbocycles. The first kappa shape index (κ1) is 31.3. The maximum atomic E-state index is 14.1. The molecule has 11 nitrogen and oxygen atoms in total. The van der Waals surface area contributed by atoms with Gasteiger partial charge in [-0.1, -0.05) is 66.7 Å². The van der Waals surface area contributed by atoms with Crippen LogP contribution in [0.15, 0.2) is 97.1 Å². The zero-order valence-corrected chi connectivity index (χ0v) is 24.6. The molecule has 46 heavy (non-hydrogen) atoms. The molecule has 5 rings (SSSR count). The highest BCUT2D eigenvalue weighted by atomic mass is 19.2. The Morgan fingerprint density at radius 3 is 2.24 bits per heavy atom. The number of urea groups is 1. The standard InChI is InChI=1S/C33H29F2N7O4/c1-46-28-14-8-7-13-27(28)37-33(45)41-31-38-30(36-26-12-6-5-11-23(26)22-9-3-2-4-10-22)39-32(40-31)42(18-17-29(43)44)20-21-15-16-24(34)25(35)19-21/h2-16,19H,17-18,20H2,1H3,(H,43,44)(H3,36,37,38,39,40,41,45). The van der Waals surface area contributed by atoms with Gasteiger partial charge in [-0.25, -0.2) is 13.6 Å². The molecule has 0 unspecified atom stereocenters. The van der Waals surface area contributed by atoms with Crippen molar-refractivity contribution in [3.63, 3.8) is 0 Å². The lowest BCUT2D eigenvalue weighted by Crippen LogP contribution is -2.29. The molecule has 0 spiro atoms. The molecule has 234 valence electrons. The summed E-state index contributed by atoms with van der Waals surface area (Å²) in [6, 6.07) is 26.6. The number of aromatic nitrogens is 3. The summed E-state index contributed by atoms with van der Waals surface area (Å²) in [5, 5.41) is 17.9. The van der Waals surface area contributed by atoms with Gasteiger partial charge in [0.15, 0.2) is 11.6 Å². The number of hydrogen-bond donors (Lipinski definition) is 4. The summed E-state index contributed by atoms with van der Waals surface area (Å²) in [6.07, 6.45) is -0.313. The number of methoxy groups -OCH3 is 1. The van der Waals surface area contributed by atoms with Crippen LogP contribution >= 0.6 is 0 Å². The Hall–Kier alpha value is -6.11. The van der Waals surface area contributed by atoms with Gasteiger partial charge >= 0.3 is 12.0 Å². The van der Waals surface area contributed by atoms with Crippen molar-refractivity contribution in [3.05, 3.63) is 114 Å². The summed E-state index contributed by atoms with van der Waals surface area (Å²) in [5.74, 6) is -2.88. The minimum Gasteiger partial charge on any atom is -0.495 e. The maximum absolute atomic E-state index is 14.1. The second-order valence-corrected chi connectivity index (χ2v) is 9.91. The van der Waals surface area contributed by atoms with Crippen molar-refractivity contribution in [1.82, 2.24) is 15.0 Å². The highest BCUT2D eigenvalue weighted by molar-refractivity contribution is 5.99. The van der Waals surface area contributed by atoms with E-state index in [4.69, 9.17) is 4.74 Å². The number of carboxylic acids is 1. The summed E-state index contributed by atoms with van der Waals surface area (Å²) < 4.78 is 33.0. The molecule has 2 amide bonds. The third kappa shape index (κ3) is 8.08. The summed E-state index contributed by atoms with van der Waals surface area (Å²) in [6.45, 7) is -0.160. The quantitative estimate of drug-likeness (QED) is 0.119. The van der Waals surface area contributed by atoms with Crippen molar-refractivity contribution in [3.8, 4) is 16.9 Å². The third-order valence-corrected chi connectivity index (χ3v) is 6.70. The number of nitrogens with one attached hydrogen (secondary N) is 3. The molecule has 13 heteroatoms. The van der Waals surface area contributed by atoms with Gasteiger partial charge in [-0.15, -0.1) is 0 Å². The third-order valence-electron chi connectivity index (χ3n) is 6.70. The number of aliphatic carboxylic acids is 1. The van der Waals surface area contributed by atoms with E-state index in [2.05, 4.69) is 30.9 Å². The van der Waals surface area contributed by atoms with Crippen molar-refractivity contribution in [2.24, 2.45) is 0 Å². The lowest BCUT2D eigenvalue weighted by atomic mass is 10.0. The van der Waals surface area contributed by atoms with Crippen LogP contribution in [-0.4, -0.2) is 45.7 Å². The first-order chi connectivity index (χ1) is 22.3. The SMILES string of the molecule is COc1ccccc1NC(=O)Nc1nc(Nc2ccccc2-c2ccccc2)nc(N(CCC(=O)O)Cc2ccc(F)c(F)c2)n1. The Morgan fingerprint density at radius 2 is 1.50 bits per heavy atom. The van der Waals surface area contributed by atoms with E-state index in [1.165, 1.54) is 18.1 Å². The van der Waals surface area contributed by atoms with E-state index in [0.29, 0.717) is 22.7 Å². The van der Waals surface area contributed by atoms with E-state index in [1.54, 1.807) is 24.3 Å². The predicted molar refractivity (Wildman–Crippen MR) is 170 cm³/mol. The largest absolute Gasteiger partial charge is 0.495 e. The van der Waals surface area contributed by atoms with Crippen molar-refractivity contribution in [1.29, 1.82) is 0 Å². The average molecular weight is 626 g/mol. The average Bonchev–Trinajstić information content (AvgIpc) is 3.05. The summed E-state index contributed by atoms with van der Waals surface area (Å²) in [7, 11) is 1.47. The van der Waals surface area contributed by atoms with E-state index >= 15 is 0 Å². The maximum Gasteiger partial charge on any atom is 0.326 e. The number of ether oxygens (including phenoxy) is 1. The number of nitrogens with zero attached hydrogens (tertiary/aromatic N) is 4. The van der Waals surface area contributed by atoms with E-state index in [0.717, 1.165) is 23.3 Å². The molecule has 5 aromatic rings. The Balaban J connectivity index is 1.52. The number of rotatable bonds is 12. The monoisotopic (exact) mass is 625 g/mol. The molecule has 0 atom stereocenters. The number of anilines is 5. The number of carboxylic acid groups (broad SMARTS) is 1. The van der Waals surface area contributed by atoms with Crippen molar-refractivity contribution in [2.75, 3.05) is 34.5 Å². The number of halogens is 2. The lowest BCUT2D eigenvalue weighted by molar-refractivity contribution is -0.136. The fourth-order valence-corrected chi connectivity index (χ4v) is 4.54. The van der Waals surface area contributed by atoms with Crippen LogP contribution in [0.1, 0.15) is 12.0 Å². The highest BCUT2D eigenvalue weighted by Crippen LogP contribution is 2.30. The summed E-state index contributed by atoms with van der Waals surface area (Å²) >= 11 is 0. The van der Waals surface area contributed by atoms with Crippen LogP contribution < -0.4 is 25.6 Å². The van der Waals surface area contributed by atoms with Crippen LogP contribution in [0.4, 0.5) is 42.8 Å². The van der Waals surface area contributed by atoms with E-state index in [1.807, 2.05) is 54.6 Å². The molecule has 1 aromatic heterocycles. The minimum atomic E-state index is -1.09.